The van der Waals surface area contributed by atoms with Crippen LogP contribution in [0, 0.1) is 5.92 Å². The first kappa shape index (κ1) is 14.4. The summed E-state index contributed by atoms with van der Waals surface area (Å²) in [5.41, 5.74) is 1.80. The van der Waals surface area contributed by atoms with Gasteiger partial charge in [-0.3, -0.25) is 0 Å². The highest BCUT2D eigenvalue weighted by Gasteiger charge is 2.40. The summed E-state index contributed by atoms with van der Waals surface area (Å²) in [6, 6.07) is 8.72. The molecule has 106 valence electrons. The second kappa shape index (κ2) is 5.96. The third-order valence-corrected chi connectivity index (χ3v) is 4.81. The molecule has 1 aromatic rings. The topological polar surface area (TPSA) is 12.5 Å². The van der Waals surface area contributed by atoms with Crippen molar-refractivity contribution in [3.8, 4) is 5.75 Å². The predicted molar refractivity (Wildman–Crippen MR) is 80.9 cm³/mol. The van der Waals surface area contributed by atoms with Gasteiger partial charge in [-0.25, -0.2) is 0 Å². The van der Waals surface area contributed by atoms with E-state index in [0.29, 0.717) is 11.3 Å². The Morgan fingerprint density at radius 3 is 2.84 bits per heavy atom. The van der Waals surface area contributed by atoms with Gasteiger partial charge in [0.15, 0.2) is 0 Å². The summed E-state index contributed by atoms with van der Waals surface area (Å²) in [5.74, 6) is 1.68. The molecule has 1 heterocycles. The number of ether oxygens (including phenoxy) is 1. The lowest BCUT2D eigenvalue weighted by Crippen LogP contribution is -2.47. The third kappa shape index (κ3) is 2.79. The first-order chi connectivity index (χ1) is 9.12. The van der Waals surface area contributed by atoms with Gasteiger partial charge >= 0.3 is 0 Å². The number of hydrogen-bond donors (Lipinski definition) is 0. The molecular weight excluding hydrogens is 234 g/mol. The molecule has 0 unspecified atom stereocenters. The maximum Gasteiger partial charge on any atom is 0.119 e. The van der Waals surface area contributed by atoms with Crippen LogP contribution in [-0.4, -0.2) is 32.1 Å². The second-order valence-corrected chi connectivity index (χ2v) is 6.05. The molecule has 1 aliphatic rings. The molecule has 1 fully saturated rings. The van der Waals surface area contributed by atoms with Crippen molar-refractivity contribution >= 4 is 0 Å². The highest BCUT2D eigenvalue weighted by Crippen LogP contribution is 2.43. The Morgan fingerprint density at radius 1 is 1.42 bits per heavy atom. The highest BCUT2D eigenvalue weighted by atomic mass is 16.5. The average Bonchev–Trinajstić information content (AvgIpc) is 2.42. The van der Waals surface area contributed by atoms with Gasteiger partial charge in [-0.2, -0.15) is 0 Å². The molecule has 0 amide bonds. The molecule has 0 aliphatic carbocycles. The molecule has 0 aromatic heterocycles. The quantitative estimate of drug-likeness (QED) is 0.819. The van der Waals surface area contributed by atoms with Crippen molar-refractivity contribution in [2.24, 2.45) is 5.92 Å². The number of rotatable bonds is 4. The smallest absolute Gasteiger partial charge is 0.119 e. The molecule has 1 saturated heterocycles. The fraction of sp³-hybridized carbons (Fsp3) is 0.647. The minimum Gasteiger partial charge on any atom is -0.497 e. The Morgan fingerprint density at radius 2 is 2.21 bits per heavy atom. The summed E-state index contributed by atoms with van der Waals surface area (Å²) in [4.78, 5) is 2.46. The van der Waals surface area contributed by atoms with Crippen molar-refractivity contribution in [1.82, 2.24) is 4.90 Å². The predicted octanol–water partition coefficient (Wildman–Crippen LogP) is 3.70. The molecule has 0 N–H and O–H groups in total. The summed E-state index contributed by atoms with van der Waals surface area (Å²) in [6.07, 6.45) is 3.77. The molecule has 0 spiro atoms. The van der Waals surface area contributed by atoms with Crippen LogP contribution in [0.2, 0.25) is 0 Å². The van der Waals surface area contributed by atoms with Crippen molar-refractivity contribution in [2.75, 3.05) is 27.2 Å². The largest absolute Gasteiger partial charge is 0.497 e. The molecule has 1 aliphatic heterocycles. The Balaban J connectivity index is 2.37. The van der Waals surface area contributed by atoms with Crippen molar-refractivity contribution < 1.29 is 4.74 Å². The van der Waals surface area contributed by atoms with Gasteiger partial charge in [0.1, 0.15) is 5.75 Å². The number of benzene rings is 1. The van der Waals surface area contributed by atoms with Crippen LogP contribution >= 0.6 is 0 Å². The molecule has 2 rings (SSSR count). The standard InChI is InChI=1S/C17H27NO/c1-5-9-17(10-11-18(3)13-14(17)2)15-7-6-8-16(12-15)19-4/h6-8,12,14H,5,9-11,13H2,1-4H3/t14-,17-/m0/s1. The SMILES string of the molecule is CCC[C@]1(c2cccc(OC)c2)CCN(C)C[C@@H]1C. The number of piperidine rings is 1. The number of nitrogens with zero attached hydrogens (tertiary/aromatic N) is 1. The third-order valence-electron chi connectivity index (χ3n) is 4.81. The van der Waals surface area contributed by atoms with Gasteiger partial charge in [0.25, 0.3) is 0 Å². The van der Waals surface area contributed by atoms with Crippen LogP contribution in [-0.2, 0) is 5.41 Å². The van der Waals surface area contributed by atoms with Crippen LogP contribution in [0.3, 0.4) is 0 Å². The van der Waals surface area contributed by atoms with Gasteiger partial charge in [-0.05, 0) is 50.0 Å². The highest BCUT2D eigenvalue weighted by molar-refractivity contribution is 5.35. The molecule has 2 heteroatoms. The zero-order valence-electron chi connectivity index (χ0n) is 12.8. The zero-order valence-corrected chi connectivity index (χ0v) is 12.8. The van der Waals surface area contributed by atoms with Crippen LogP contribution < -0.4 is 4.74 Å². The Hall–Kier alpha value is -1.02. The van der Waals surface area contributed by atoms with Gasteiger partial charge in [-0.15, -0.1) is 0 Å². The van der Waals surface area contributed by atoms with E-state index in [1.165, 1.54) is 37.9 Å². The van der Waals surface area contributed by atoms with Gasteiger partial charge in [-0.1, -0.05) is 32.4 Å². The van der Waals surface area contributed by atoms with Crippen molar-refractivity contribution in [1.29, 1.82) is 0 Å². The van der Waals surface area contributed by atoms with E-state index in [1.807, 2.05) is 6.07 Å². The maximum atomic E-state index is 5.41. The summed E-state index contributed by atoms with van der Waals surface area (Å²) in [7, 11) is 3.99. The van der Waals surface area contributed by atoms with Crippen LogP contribution in [0.25, 0.3) is 0 Å². The average molecular weight is 261 g/mol. The monoisotopic (exact) mass is 261 g/mol. The second-order valence-electron chi connectivity index (χ2n) is 6.05. The van der Waals surface area contributed by atoms with E-state index < -0.39 is 0 Å². The van der Waals surface area contributed by atoms with Crippen LogP contribution in [0.1, 0.15) is 38.7 Å². The minimum absolute atomic E-state index is 0.329. The van der Waals surface area contributed by atoms with Crippen LogP contribution in [0.4, 0.5) is 0 Å². The number of likely N-dealkylation sites (tertiary alicyclic amines) is 1. The van der Waals surface area contributed by atoms with E-state index in [2.05, 4.69) is 44.0 Å². The Labute approximate surface area is 117 Å². The summed E-state index contributed by atoms with van der Waals surface area (Å²) >= 11 is 0. The molecule has 0 radical (unpaired) electrons. The zero-order chi connectivity index (χ0) is 13.9. The van der Waals surface area contributed by atoms with E-state index >= 15 is 0 Å². The molecular formula is C17H27NO. The van der Waals surface area contributed by atoms with Gasteiger partial charge < -0.3 is 9.64 Å². The first-order valence-corrected chi connectivity index (χ1v) is 7.45. The van der Waals surface area contributed by atoms with Crippen molar-refractivity contribution in [2.45, 2.75) is 38.5 Å². The lowest BCUT2D eigenvalue weighted by molar-refractivity contribution is 0.112. The van der Waals surface area contributed by atoms with Gasteiger partial charge in [0, 0.05) is 12.0 Å². The molecule has 1 aromatic carbocycles. The van der Waals surface area contributed by atoms with Crippen molar-refractivity contribution in [3.05, 3.63) is 29.8 Å². The fourth-order valence-corrected chi connectivity index (χ4v) is 3.69. The van der Waals surface area contributed by atoms with E-state index in [0.717, 1.165) is 5.75 Å². The van der Waals surface area contributed by atoms with E-state index in [1.54, 1.807) is 7.11 Å². The Bertz CT molecular complexity index is 417. The van der Waals surface area contributed by atoms with Gasteiger partial charge in [0.2, 0.25) is 0 Å². The fourth-order valence-electron chi connectivity index (χ4n) is 3.69. The minimum atomic E-state index is 0.329. The maximum absolute atomic E-state index is 5.41. The van der Waals surface area contributed by atoms with E-state index in [-0.39, 0.29) is 0 Å². The van der Waals surface area contributed by atoms with Crippen LogP contribution in [0.15, 0.2) is 24.3 Å². The number of hydrogen-bond acceptors (Lipinski definition) is 2. The Kier molecular flexibility index (Phi) is 4.51. The lowest BCUT2D eigenvalue weighted by Gasteiger charge is -2.46. The molecule has 2 atom stereocenters. The summed E-state index contributed by atoms with van der Waals surface area (Å²) < 4.78 is 5.41. The normalized spacial score (nSPS) is 28.3. The van der Waals surface area contributed by atoms with Crippen molar-refractivity contribution in [3.63, 3.8) is 0 Å². The molecule has 2 nitrogen and oxygen atoms in total. The molecule has 0 bridgehead atoms. The van der Waals surface area contributed by atoms with Gasteiger partial charge in [0.05, 0.1) is 7.11 Å². The van der Waals surface area contributed by atoms with E-state index in [9.17, 15) is 0 Å². The lowest BCUT2D eigenvalue weighted by atomic mass is 9.64. The molecule has 0 saturated carbocycles. The number of methoxy groups -OCH3 is 1. The summed E-state index contributed by atoms with van der Waals surface area (Å²) in [5, 5.41) is 0. The summed E-state index contributed by atoms with van der Waals surface area (Å²) in [6.45, 7) is 7.09. The first-order valence-electron chi connectivity index (χ1n) is 7.45. The van der Waals surface area contributed by atoms with E-state index in [4.69, 9.17) is 4.74 Å². The van der Waals surface area contributed by atoms with Crippen LogP contribution in [0.5, 0.6) is 5.75 Å². The molecule has 19 heavy (non-hydrogen) atoms.